The van der Waals surface area contributed by atoms with Gasteiger partial charge in [-0.1, -0.05) is 18.6 Å². The topological polar surface area (TPSA) is 63.6 Å². The van der Waals surface area contributed by atoms with Gasteiger partial charge < -0.3 is 9.84 Å². The van der Waals surface area contributed by atoms with Crippen LogP contribution in [0.15, 0.2) is 11.6 Å². The molecule has 0 saturated heterocycles. The van der Waals surface area contributed by atoms with E-state index >= 15 is 0 Å². The minimum atomic E-state index is -0.315. The maximum Gasteiger partial charge on any atom is 0.302 e. The molecule has 27 heavy (non-hydrogen) atoms. The summed E-state index contributed by atoms with van der Waals surface area (Å²) in [4.78, 5) is 23.8. The van der Waals surface area contributed by atoms with Crippen LogP contribution in [0.25, 0.3) is 0 Å². The molecule has 0 unspecified atom stereocenters. The monoisotopic (exact) mass is 372 g/mol. The number of aliphatic hydroxyl groups excluding tert-OH is 1. The van der Waals surface area contributed by atoms with E-state index in [9.17, 15) is 14.7 Å². The molecule has 0 amide bonds. The molecule has 5 rings (SSSR count). The van der Waals surface area contributed by atoms with Crippen LogP contribution in [0.4, 0.5) is 0 Å². The van der Waals surface area contributed by atoms with Crippen molar-refractivity contribution in [1.82, 2.24) is 0 Å². The quantitative estimate of drug-likeness (QED) is 0.591. The second kappa shape index (κ2) is 5.46. The van der Waals surface area contributed by atoms with Crippen molar-refractivity contribution < 1.29 is 19.4 Å². The number of fused-ring (bicyclic) bond motifs is 4. The molecule has 0 aliphatic heterocycles. The van der Waals surface area contributed by atoms with E-state index in [4.69, 9.17) is 4.74 Å². The Bertz CT molecular complexity index is 741. The van der Waals surface area contributed by atoms with E-state index in [1.807, 2.05) is 0 Å². The first-order valence-electron chi connectivity index (χ1n) is 10.8. The number of hydrogen-bond acceptors (Lipinski definition) is 4. The lowest BCUT2D eigenvalue weighted by Gasteiger charge is -2.57. The fourth-order valence-electron chi connectivity index (χ4n) is 8.45. The SMILES string of the molecule is CC(=O)O[C@H]1CC[C@@]2(C)C(=CC[C@@H]3[C@@H]2[C@@H](O)C[C@]24C[C@@]2(C(C)=O)CC[C@@H]34)C1. The molecular weight excluding hydrogens is 340 g/mol. The highest BCUT2D eigenvalue weighted by atomic mass is 16.5. The van der Waals surface area contributed by atoms with E-state index in [2.05, 4.69) is 13.0 Å². The van der Waals surface area contributed by atoms with Gasteiger partial charge >= 0.3 is 5.97 Å². The Labute approximate surface area is 161 Å². The molecule has 0 aromatic heterocycles. The van der Waals surface area contributed by atoms with Gasteiger partial charge in [-0.15, -0.1) is 0 Å². The lowest BCUT2D eigenvalue weighted by molar-refractivity contribution is -0.150. The Morgan fingerprint density at radius 3 is 2.67 bits per heavy atom. The molecule has 5 aliphatic rings. The maximum absolute atomic E-state index is 12.4. The van der Waals surface area contributed by atoms with E-state index in [0.717, 1.165) is 51.4 Å². The predicted octanol–water partition coefficient (Wildman–Crippen LogP) is 3.81. The molecule has 4 nitrogen and oxygen atoms in total. The highest BCUT2D eigenvalue weighted by Gasteiger charge is 2.79. The Kier molecular flexibility index (Phi) is 3.62. The summed E-state index contributed by atoms with van der Waals surface area (Å²) in [5.41, 5.74) is 1.39. The first kappa shape index (κ1) is 17.9. The molecule has 5 aliphatic carbocycles. The molecular formula is C23H32O4. The number of hydrogen-bond donors (Lipinski definition) is 1. The molecule has 148 valence electrons. The van der Waals surface area contributed by atoms with Crippen molar-refractivity contribution in [3.8, 4) is 0 Å². The zero-order valence-electron chi connectivity index (χ0n) is 16.8. The van der Waals surface area contributed by atoms with Crippen LogP contribution in [0.3, 0.4) is 0 Å². The number of rotatable bonds is 2. The fraction of sp³-hybridized carbons (Fsp3) is 0.826. The molecule has 0 heterocycles. The highest BCUT2D eigenvalue weighted by Crippen LogP contribution is 2.82. The number of esters is 1. The van der Waals surface area contributed by atoms with Gasteiger partial charge in [0.05, 0.1) is 6.10 Å². The molecule has 4 fully saturated rings. The fourth-order valence-corrected chi connectivity index (χ4v) is 8.45. The van der Waals surface area contributed by atoms with Gasteiger partial charge in [0, 0.05) is 18.8 Å². The normalized spacial score (nSPS) is 52.6. The Balaban J connectivity index is 1.45. The summed E-state index contributed by atoms with van der Waals surface area (Å²) in [6.45, 7) is 5.59. The largest absolute Gasteiger partial charge is 0.462 e. The lowest BCUT2D eigenvalue weighted by Crippen LogP contribution is -2.54. The number of ketones is 1. The number of allylic oxidation sites excluding steroid dienone is 1. The summed E-state index contributed by atoms with van der Waals surface area (Å²) in [5.74, 6) is 1.54. The smallest absolute Gasteiger partial charge is 0.302 e. The maximum atomic E-state index is 12.4. The van der Waals surface area contributed by atoms with Gasteiger partial charge in [-0.05, 0) is 80.5 Å². The number of carbonyl (C=O) groups excluding carboxylic acids is 2. The van der Waals surface area contributed by atoms with E-state index in [1.165, 1.54) is 12.5 Å². The van der Waals surface area contributed by atoms with Gasteiger partial charge in [0.1, 0.15) is 11.9 Å². The Hall–Kier alpha value is -1.16. The molecule has 0 bridgehead atoms. The average molecular weight is 373 g/mol. The highest BCUT2D eigenvalue weighted by molar-refractivity contribution is 5.87. The van der Waals surface area contributed by atoms with Crippen LogP contribution >= 0.6 is 0 Å². The van der Waals surface area contributed by atoms with Crippen LogP contribution in [0.1, 0.15) is 72.1 Å². The van der Waals surface area contributed by atoms with Crippen molar-refractivity contribution in [2.24, 2.45) is 34.0 Å². The van der Waals surface area contributed by atoms with E-state index < -0.39 is 0 Å². The third kappa shape index (κ3) is 2.14. The summed E-state index contributed by atoms with van der Waals surface area (Å²) in [6, 6.07) is 0. The van der Waals surface area contributed by atoms with Crippen LogP contribution in [0, 0.1) is 34.0 Å². The van der Waals surface area contributed by atoms with Crippen molar-refractivity contribution >= 4 is 11.8 Å². The number of Topliss-reactive ketones (excluding diaryl/α,β-unsaturated/α-hetero) is 1. The van der Waals surface area contributed by atoms with Crippen molar-refractivity contribution in [3.05, 3.63) is 11.6 Å². The van der Waals surface area contributed by atoms with Gasteiger partial charge in [0.25, 0.3) is 0 Å². The summed E-state index contributed by atoms with van der Waals surface area (Å²) in [5, 5.41) is 11.3. The molecule has 0 aromatic carbocycles. The minimum Gasteiger partial charge on any atom is -0.462 e. The van der Waals surface area contributed by atoms with Gasteiger partial charge in [-0.3, -0.25) is 9.59 Å². The predicted molar refractivity (Wildman–Crippen MR) is 101 cm³/mol. The van der Waals surface area contributed by atoms with Crippen molar-refractivity contribution in [2.45, 2.75) is 84.3 Å². The Morgan fingerprint density at radius 1 is 1.22 bits per heavy atom. The second-order valence-corrected chi connectivity index (χ2v) is 10.4. The summed E-state index contributed by atoms with van der Waals surface area (Å²) >= 11 is 0. The minimum absolute atomic E-state index is 0.00859. The number of ether oxygens (including phenoxy) is 1. The molecule has 0 radical (unpaired) electrons. The first-order valence-corrected chi connectivity index (χ1v) is 10.8. The van der Waals surface area contributed by atoms with Gasteiger partial charge in [0.2, 0.25) is 0 Å². The van der Waals surface area contributed by atoms with Gasteiger partial charge in [-0.2, -0.15) is 0 Å². The van der Waals surface area contributed by atoms with Crippen LogP contribution in [-0.2, 0) is 14.3 Å². The average Bonchev–Trinajstić information content (AvgIpc) is 3.11. The van der Waals surface area contributed by atoms with Crippen LogP contribution in [0.5, 0.6) is 0 Å². The zero-order valence-corrected chi connectivity index (χ0v) is 16.8. The van der Waals surface area contributed by atoms with Crippen molar-refractivity contribution in [2.75, 3.05) is 0 Å². The van der Waals surface area contributed by atoms with E-state index in [0.29, 0.717) is 17.6 Å². The molecule has 1 N–H and O–H groups in total. The first-order chi connectivity index (χ1) is 12.7. The molecule has 0 aromatic rings. The zero-order chi connectivity index (χ0) is 19.2. The van der Waals surface area contributed by atoms with Gasteiger partial charge in [0.15, 0.2) is 0 Å². The molecule has 8 atom stereocenters. The molecule has 4 saturated carbocycles. The third-order valence-corrected chi connectivity index (χ3v) is 9.55. The van der Waals surface area contributed by atoms with Crippen LogP contribution in [-0.4, -0.2) is 29.1 Å². The van der Waals surface area contributed by atoms with Gasteiger partial charge in [-0.25, -0.2) is 0 Å². The Morgan fingerprint density at radius 2 is 2.00 bits per heavy atom. The van der Waals surface area contributed by atoms with Crippen molar-refractivity contribution in [3.63, 3.8) is 0 Å². The van der Waals surface area contributed by atoms with Crippen LogP contribution in [0.2, 0.25) is 0 Å². The number of carbonyl (C=O) groups is 2. The van der Waals surface area contributed by atoms with E-state index in [-0.39, 0.29) is 40.3 Å². The van der Waals surface area contributed by atoms with Crippen LogP contribution < -0.4 is 0 Å². The summed E-state index contributed by atoms with van der Waals surface area (Å²) in [6.07, 6.45) is 9.79. The van der Waals surface area contributed by atoms with E-state index in [1.54, 1.807) is 6.92 Å². The summed E-state index contributed by atoms with van der Waals surface area (Å²) < 4.78 is 5.50. The molecule has 1 spiro atoms. The third-order valence-electron chi connectivity index (χ3n) is 9.55. The second-order valence-electron chi connectivity index (χ2n) is 10.4. The standard InChI is InChI=1S/C23H32O4/c1-13(24)22-9-7-18-17-5-4-15-10-16(27-14(2)25)6-8-21(15,3)20(17)19(26)11-23(18,22)12-22/h4,16-20,26H,5-12H2,1-3H3/t16-,17-,18-,19-,20+,21-,22+,23+/m0/s1. The number of aliphatic hydroxyl groups is 1. The summed E-state index contributed by atoms with van der Waals surface area (Å²) in [7, 11) is 0. The molecule has 4 heteroatoms. The van der Waals surface area contributed by atoms with Crippen molar-refractivity contribution in [1.29, 1.82) is 0 Å². The lowest BCUT2D eigenvalue weighted by atomic mass is 9.48.